The Bertz CT molecular complexity index is 413. The summed E-state index contributed by atoms with van der Waals surface area (Å²) in [4.78, 5) is 21.7. The Kier molecular flexibility index (Phi) is 5.44. The van der Waals surface area contributed by atoms with Crippen molar-refractivity contribution in [2.75, 3.05) is 6.61 Å². The molecule has 0 saturated carbocycles. The van der Waals surface area contributed by atoms with Crippen molar-refractivity contribution in [3.8, 4) is 0 Å². The normalized spacial score (nSPS) is 13.8. The molecule has 0 radical (unpaired) electrons. The third-order valence-electron chi connectivity index (χ3n) is 1.75. The summed E-state index contributed by atoms with van der Waals surface area (Å²) < 4.78 is 94.0. The zero-order chi connectivity index (χ0) is 17.3. The van der Waals surface area contributed by atoms with E-state index in [2.05, 4.69) is 9.16 Å². The van der Waals surface area contributed by atoms with Crippen molar-refractivity contribution in [2.45, 2.75) is 37.7 Å². The number of alkyl halides is 7. The predicted octanol–water partition coefficient (Wildman–Crippen LogP) is 2.74. The van der Waals surface area contributed by atoms with Gasteiger partial charge in [-0.25, -0.2) is 9.59 Å². The average Bonchev–Trinajstić information content (AvgIpc) is 2.21. The summed E-state index contributed by atoms with van der Waals surface area (Å²) in [7, 11) is -2.46. The van der Waals surface area contributed by atoms with Gasteiger partial charge < -0.3 is 9.16 Å². The van der Waals surface area contributed by atoms with Gasteiger partial charge in [-0.1, -0.05) is 0 Å². The van der Waals surface area contributed by atoms with Gasteiger partial charge in [0, 0.05) is 0 Å². The van der Waals surface area contributed by atoms with E-state index in [1.807, 2.05) is 0 Å². The summed E-state index contributed by atoms with van der Waals surface area (Å²) in [6.07, 6.45) is -6.66. The van der Waals surface area contributed by atoms with Crippen LogP contribution in [0.2, 0.25) is 19.6 Å². The van der Waals surface area contributed by atoms with E-state index in [0.29, 0.717) is 0 Å². The average molecular weight is 344 g/mol. The Morgan fingerprint density at radius 3 is 1.71 bits per heavy atom. The lowest BCUT2D eigenvalue weighted by molar-refractivity contribution is -0.348. The van der Waals surface area contributed by atoms with Crippen molar-refractivity contribution < 1.29 is 49.5 Å². The smallest absolute Gasteiger partial charge is 0.460 e. The molecule has 0 unspecified atom stereocenters. The molecule has 21 heavy (non-hydrogen) atoms. The molecule has 0 aromatic heterocycles. The van der Waals surface area contributed by atoms with Crippen LogP contribution in [0.25, 0.3) is 0 Å². The maximum Gasteiger partial charge on any atom is 0.460 e. The molecule has 0 aromatic carbocycles. The van der Waals surface area contributed by atoms with Gasteiger partial charge in [-0.15, -0.1) is 0 Å². The summed E-state index contributed by atoms with van der Waals surface area (Å²) >= 11 is 0. The number of carbonyl (C=O) groups is 2. The predicted molar refractivity (Wildman–Crippen MR) is 56.3 cm³/mol. The van der Waals surface area contributed by atoms with Crippen molar-refractivity contribution in [3.63, 3.8) is 0 Å². The molecule has 0 aromatic rings. The minimum atomic E-state index is -6.66. The van der Waals surface area contributed by atoms with Crippen LogP contribution in [-0.4, -0.2) is 44.9 Å². The highest BCUT2D eigenvalue weighted by atomic mass is 28.4. The minimum Gasteiger partial charge on any atom is -0.517 e. The van der Waals surface area contributed by atoms with Crippen molar-refractivity contribution in [2.24, 2.45) is 0 Å². The highest BCUT2D eigenvalue weighted by molar-refractivity contribution is 6.71. The Morgan fingerprint density at radius 1 is 0.952 bits per heavy atom. The first-order valence-electron chi connectivity index (χ1n) is 5.24. The Labute approximate surface area is 115 Å². The highest BCUT2D eigenvalue weighted by Crippen LogP contribution is 2.46. The monoisotopic (exact) mass is 344 g/mol. The molecule has 0 aliphatic heterocycles. The number of carbonyl (C=O) groups excluding carboxylic acids is 2. The van der Waals surface area contributed by atoms with Gasteiger partial charge in [0.2, 0.25) is 8.32 Å². The summed E-state index contributed by atoms with van der Waals surface area (Å²) in [5, 5.41) is 0. The molecule has 0 fully saturated rings. The molecule has 0 heterocycles. The van der Waals surface area contributed by atoms with E-state index in [4.69, 9.17) is 0 Å². The number of halogens is 7. The van der Waals surface area contributed by atoms with Gasteiger partial charge in [0.05, 0.1) is 0 Å². The Morgan fingerprint density at radius 2 is 1.38 bits per heavy atom. The molecule has 0 aliphatic carbocycles. The molecule has 4 nitrogen and oxygen atoms in total. The number of rotatable bonds is 5. The van der Waals surface area contributed by atoms with E-state index < -0.39 is 44.9 Å². The molecule has 0 atom stereocenters. The molecule has 0 saturated heterocycles. The Balaban J connectivity index is 4.84. The lowest BCUT2D eigenvalue weighted by Gasteiger charge is -2.26. The van der Waals surface area contributed by atoms with Gasteiger partial charge in [-0.05, 0) is 19.6 Å². The van der Waals surface area contributed by atoms with E-state index >= 15 is 0 Å². The van der Waals surface area contributed by atoms with Gasteiger partial charge in [0.15, 0.2) is 6.61 Å². The van der Waals surface area contributed by atoms with Crippen LogP contribution in [0.5, 0.6) is 0 Å². The first-order valence-corrected chi connectivity index (χ1v) is 8.64. The van der Waals surface area contributed by atoms with Gasteiger partial charge in [0.25, 0.3) is 0 Å². The van der Waals surface area contributed by atoms with Gasteiger partial charge in [0.1, 0.15) is 0 Å². The number of hydrogen-bond donors (Lipinski definition) is 0. The lowest BCUT2D eigenvalue weighted by Crippen LogP contribution is -2.56. The van der Waals surface area contributed by atoms with Crippen LogP contribution < -0.4 is 0 Å². The van der Waals surface area contributed by atoms with E-state index in [0.717, 1.165) is 0 Å². The summed E-state index contributed by atoms with van der Waals surface area (Å²) in [6, 6.07) is 0. The van der Waals surface area contributed by atoms with Crippen LogP contribution in [0.15, 0.2) is 0 Å². The number of ether oxygens (including phenoxy) is 1. The molecule has 0 spiro atoms. The standard InChI is InChI=1S/C9H11F7O4Si/c1-21(2,3)20-5(17)4-19-6(18)7(10,11)8(12,13)9(14,15)16/h4H2,1-3H3. The summed E-state index contributed by atoms with van der Waals surface area (Å²) in [5.41, 5.74) is 0. The fourth-order valence-corrected chi connectivity index (χ4v) is 1.63. The minimum absolute atomic E-state index is 1.33. The molecule has 0 rings (SSSR count). The fourth-order valence-electron chi connectivity index (χ4n) is 0.892. The van der Waals surface area contributed by atoms with Crippen molar-refractivity contribution in [1.82, 2.24) is 0 Å². The topological polar surface area (TPSA) is 52.6 Å². The van der Waals surface area contributed by atoms with Crippen LogP contribution in [0.4, 0.5) is 30.7 Å². The highest BCUT2D eigenvalue weighted by Gasteiger charge is 2.77. The third-order valence-corrected chi connectivity index (χ3v) is 2.59. The molecular weight excluding hydrogens is 333 g/mol. The van der Waals surface area contributed by atoms with Crippen LogP contribution in [0.1, 0.15) is 0 Å². The SMILES string of the molecule is C[Si](C)(C)OC(=O)COC(=O)C(F)(F)C(F)(F)C(F)(F)F. The van der Waals surface area contributed by atoms with Gasteiger partial charge >= 0.3 is 30.0 Å². The van der Waals surface area contributed by atoms with E-state index in [-0.39, 0.29) is 0 Å². The van der Waals surface area contributed by atoms with Crippen molar-refractivity contribution in [3.05, 3.63) is 0 Å². The molecule has 12 heteroatoms. The number of esters is 1. The van der Waals surface area contributed by atoms with E-state index in [1.54, 1.807) is 0 Å². The van der Waals surface area contributed by atoms with Crippen LogP contribution in [0, 0.1) is 0 Å². The summed E-state index contributed by atoms with van der Waals surface area (Å²) in [5.74, 6) is -17.3. The van der Waals surface area contributed by atoms with Crippen LogP contribution >= 0.6 is 0 Å². The molecule has 0 amide bonds. The lowest BCUT2D eigenvalue weighted by atomic mass is 10.1. The quantitative estimate of drug-likeness (QED) is 0.437. The zero-order valence-corrected chi connectivity index (χ0v) is 12.0. The number of hydrogen-bond acceptors (Lipinski definition) is 4. The molecular formula is C9H11F7O4Si. The second kappa shape index (κ2) is 5.81. The molecule has 0 bridgehead atoms. The molecule has 0 aliphatic rings. The van der Waals surface area contributed by atoms with Crippen molar-refractivity contribution in [1.29, 1.82) is 0 Å². The van der Waals surface area contributed by atoms with E-state index in [9.17, 15) is 40.3 Å². The summed E-state index contributed by atoms with van der Waals surface area (Å²) in [6.45, 7) is 3.00. The van der Waals surface area contributed by atoms with Gasteiger partial charge in [-0.2, -0.15) is 30.7 Å². The first kappa shape index (κ1) is 19.7. The zero-order valence-electron chi connectivity index (χ0n) is 11.0. The van der Waals surface area contributed by atoms with Crippen LogP contribution in [0.3, 0.4) is 0 Å². The molecule has 124 valence electrons. The fraction of sp³-hybridized carbons (Fsp3) is 0.778. The second-order valence-electron chi connectivity index (χ2n) is 4.81. The second-order valence-corrected chi connectivity index (χ2v) is 9.24. The van der Waals surface area contributed by atoms with Gasteiger partial charge in [-0.3, -0.25) is 0 Å². The Hall–Kier alpha value is -1.33. The molecule has 0 N–H and O–H groups in total. The van der Waals surface area contributed by atoms with E-state index in [1.165, 1.54) is 19.6 Å². The third kappa shape index (κ3) is 4.86. The van der Waals surface area contributed by atoms with Crippen LogP contribution in [-0.2, 0) is 18.8 Å². The maximum absolute atomic E-state index is 12.8. The van der Waals surface area contributed by atoms with Crippen molar-refractivity contribution >= 4 is 20.3 Å². The largest absolute Gasteiger partial charge is 0.517 e. The first-order chi connectivity index (χ1) is 9.02. The maximum atomic E-state index is 12.8.